The molecule has 2 unspecified atom stereocenters. The van der Waals surface area contributed by atoms with E-state index in [2.05, 4.69) is 48.7 Å². The summed E-state index contributed by atoms with van der Waals surface area (Å²) >= 11 is 0. The van der Waals surface area contributed by atoms with Crippen molar-refractivity contribution in [1.82, 2.24) is 25.5 Å². The summed E-state index contributed by atoms with van der Waals surface area (Å²) in [6, 6.07) is 4.49. The average Bonchev–Trinajstić information content (AvgIpc) is 3.15. The molecule has 24 heavy (non-hydrogen) atoms. The van der Waals surface area contributed by atoms with Crippen molar-refractivity contribution in [1.29, 1.82) is 0 Å². The molecule has 0 spiro atoms. The predicted octanol–water partition coefficient (Wildman–Crippen LogP) is 2.25. The van der Waals surface area contributed by atoms with Gasteiger partial charge in [-0.15, -0.1) is 0 Å². The molecular formula is C17H25N7. The van der Waals surface area contributed by atoms with Gasteiger partial charge in [-0.05, 0) is 45.2 Å². The van der Waals surface area contributed by atoms with Crippen LogP contribution in [0.5, 0.6) is 0 Å². The van der Waals surface area contributed by atoms with Crippen LogP contribution in [0.3, 0.4) is 0 Å². The molecule has 2 aliphatic rings. The van der Waals surface area contributed by atoms with Crippen LogP contribution in [0.1, 0.15) is 37.8 Å². The zero-order valence-electron chi connectivity index (χ0n) is 14.3. The fourth-order valence-corrected chi connectivity index (χ4v) is 3.32. The van der Waals surface area contributed by atoms with Gasteiger partial charge in [0, 0.05) is 43.0 Å². The number of anilines is 3. The maximum Gasteiger partial charge on any atom is 0.227 e. The third kappa shape index (κ3) is 3.21. The zero-order chi connectivity index (χ0) is 16.5. The molecule has 128 valence electrons. The molecule has 2 fully saturated rings. The highest BCUT2D eigenvalue weighted by molar-refractivity contribution is 5.53. The van der Waals surface area contributed by atoms with Gasteiger partial charge in [0.25, 0.3) is 0 Å². The Labute approximate surface area is 142 Å². The number of rotatable bonds is 6. The third-order valence-corrected chi connectivity index (χ3v) is 5.18. The molecule has 2 aromatic rings. The molecule has 3 N–H and O–H groups in total. The van der Waals surface area contributed by atoms with Crippen molar-refractivity contribution in [2.24, 2.45) is 5.92 Å². The molecule has 4 rings (SSSR count). The van der Waals surface area contributed by atoms with Crippen LogP contribution in [0.25, 0.3) is 0 Å². The van der Waals surface area contributed by atoms with Gasteiger partial charge < -0.3 is 15.5 Å². The van der Waals surface area contributed by atoms with Gasteiger partial charge in [0.15, 0.2) is 5.82 Å². The smallest absolute Gasteiger partial charge is 0.227 e. The summed E-state index contributed by atoms with van der Waals surface area (Å²) in [5.41, 5.74) is 1.22. The lowest BCUT2D eigenvalue weighted by Crippen LogP contribution is -2.33. The van der Waals surface area contributed by atoms with Crippen molar-refractivity contribution in [3.8, 4) is 0 Å². The fourth-order valence-electron chi connectivity index (χ4n) is 3.32. The summed E-state index contributed by atoms with van der Waals surface area (Å²) in [5.74, 6) is 3.72. The van der Waals surface area contributed by atoms with E-state index >= 15 is 0 Å². The molecule has 0 bridgehead atoms. The molecule has 3 heterocycles. The van der Waals surface area contributed by atoms with Crippen molar-refractivity contribution >= 4 is 17.6 Å². The highest BCUT2D eigenvalue weighted by Gasteiger charge is 2.28. The quantitative estimate of drug-likeness (QED) is 0.755. The van der Waals surface area contributed by atoms with Crippen LogP contribution in [-0.4, -0.2) is 46.3 Å². The number of aromatic amines is 1. The molecule has 0 amide bonds. The number of aromatic nitrogens is 4. The Morgan fingerprint density at radius 1 is 1.29 bits per heavy atom. The Kier molecular flexibility index (Phi) is 4.10. The van der Waals surface area contributed by atoms with Crippen molar-refractivity contribution in [2.45, 2.75) is 38.1 Å². The van der Waals surface area contributed by atoms with Crippen molar-refractivity contribution < 1.29 is 0 Å². The zero-order valence-corrected chi connectivity index (χ0v) is 14.3. The Morgan fingerprint density at radius 2 is 2.17 bits per heavy atom. The second kappa shape index (κ2) is 6.39. The van der Waals surface area contributed by atoms with E-state index in [1.165, 1.54) is 25.0 Å². The largest absolute Gasteiger partial charge is 0.340 e. The summed E-state index contributed by atoms with van der Waals surface area (Å²) in [5, 5.41) is 14.1. The monoisotopic (exact) mass is 327 g/mol. The minimum Gasteiger partial charge on any atom is -0.340 e. The highest BCUT2D eigenvalue weighted by Crippen LogP contribution is 2.39. The standard InChI is InChI=1S/C17H25N7/c1-11(18-2)13-6-8-24(10-13)17-19-7-5-15(21-17)20-16-9-14(22-23-16)12-3-4-12/h5,7,9,11-13,18H,3-4,6,8,10H2,1-2H3,(H2,19,20,21,22,23). The van der Waals surface area contributed by atoms with Gasteiger partial charge in [-0.3, -0.25) is 5.10 Å². The summed E-state index contributed by atoms with van der Waals surface area (Å²) in [6.07, 6.45) is 5.52. The van der Waals surface area contributed by atoms with E-state index in [-0.39, 0.29) is 0 Å². The van der Waals surface area contributed by atoms with E-state index in [1.807, 2.05) is 19.3 Å². The average molecular weight is 327 g/mol. The summed E-state index contributed by atoms with van der Waals surface area (Å²) in [6.45, 7) is 4.25. The van der Waals surface area contributed by atoms with E-state index in [4.69, 9.17) is 0 Å². The van der Waals surface area contributed by atoms with Crippen molar-refractivity contribution in [2.75, 3.05) is 30.4 Å². The molecule has 2 atom stereocenters. The molecule has 1 saturated heterocycles. The van der Waals surface area contributed by atoms with Crippen LogP contribution in [0.15, 0.2) is 18.3 Å². The number of hydrogen-bond donors (Lipinski definition) is 3. The highest BCUT2D eigenvalue weighted by atomic mass is 15.3. The summed E-state index contributed by atoms with van der Waals surface area (Å²) < 4.78 is 0. The maximum absolute atomic E-state index is 4.67. The second-order valence-corrected chi connectivity index (χ2v) is 6.92. The predicted molar refractivity (Wildman–Crippen MR) is 94.7 cm³/mol. The van der Waals surface area contributed by atoms with Gasteiger partial charge in [0.2, 0.25) is 5.95 Å². The molecule has 7 nitrogen and oxygen atoms in total. The number of nitrogens with one attached hydrogen (secondary N) is 3. The first-order chi connectivity index (χ1) is 11.7. The van der Waals surface area contributed by atoms with Gasteiger partial charge in [-0.1, -0.05) is 0 Å². The Hall–Kier alpha value is -2.15. The minimum atomic E-state index is 0.515. The van der Waals surface area contributed by atoms with Crippen molar-refractivity contribution in [3.63, 3.8) is 0 Å². The Balaban J connectivity index is 1.43. The first-order valence-electron chi connectivity index (χ1n) is 8.80. The van der Waals surface area contributed by atoms with E-state index in [0.717, 1.165) is 30.7 Å². The van der Waals surface area contributed by atoms with Crippen LogP contribution in [0.4, 0.5) is 17.6 Å². The molecular weight excluding hydrogens is 302 g/mol. The van der Waals surface area contributed by atoms with Crippen LogP contribution in [0.2, 0.25) is 0 Å². The normalized spacial score (nSPS) is 21.9. The van der Waals surface area contributed by atoms with E-state index < -0.39 is 0 Å². The van der Waals surface area contributed by atoms with Gasteiger partial charge >= 0.3 is 0 Å². The first-order valence-corrected chi connectivity index (χ1v) is 8.80. The third-order valence-electron chi connectivity index (χ3n) is 5.18. The number of nitrogens with zero attached hydrogens (tertiary/aromatic N) is 4. The second-order valence-electron chi connectivity index (χ2n) is 6.92. The first kappa shape index (κ1) is 15.4. The fraction of sp³-hybridized carbons (Fsp3) is 0.588. The molecule has 1 aliphatic carbocycles. The molecule has 1 aliphatic heterocycles. The van der Waals surface area contributed by atoms with Gasteiger partial charge in [-0.2, -0.15) is 10.1 Å². The van der Waals surface area contributed by atoms with E-state index in [1.54, 1.807) is 0 Å². The maximum atomic E-state index is 4.67. The number of H-pyrrole nitrogens is 1. The van der Waals surface area contributed by atoms with Crippen LogP contribution in [-0.2, 0) is 0 Å². The number of hydrogen-bond acceptors (Lipinski definition) is 6. The van der Waals surface area contributed by atoms with Gasteiger partial charge in [0.05, 0.1) is 0 Å². The van der Waals surface area contributed by atoms with Crippen molar-refractivity contribution in [3.05, 3.63) is 24.0 Å². The minimum absolute atomic E-state index is 0.515. The van der Waals surface area contributed by atoms with Gasteiger partial charge in [-0.25, -0.2) is 4.98 Å². The van der Waals surface area contributed by atoms with E-state index in [0.29, 0.717) is 17.9 Å². The topological polar surface area (TPSA) is 81.8 Å². The van der Waals surface area contributed by atoms with Crippen LogP contribution in [0, 0.1) is 5.92 Å². The van der Waals surface area contributed by atoms with Crippen LogP contribution >= 0.6 is 0 Å². The van der Waals surface area contributed by atoms with E-state index in [9.17, 15) is 0 Å². The van der Waals surface area contributed by atoms with Gasteiger partial charge in [0.1, 0.15) is 5.82 Å². The molecule has 0 radical (unpaired) electrons. The Bertz CT molecular complexity index is 694. The molecule has 1 saturated carbocycles. The Morgan fingerprint density at radius 3 is 2.96 bits per heavy atom. The lowest BCUT2D eigenvalue weighted by molar-refractivity contribution is 0.428. The summed E-state index contributed by atoms with van der Waals surface area (Å²) in [7, 11) is 2.02. The lowest BCUT2D eigenvalue weighted by atomic mass is 10.0. The van der Waals surface area contributed by atoms with Crippen LogP contribution < -0.4 is 15.5 Å². The molecule has 7 heteroatoms. The lowest BCUT2D eigenvalue weighted by Gasteiger charge is -2.20. The SMILES string of the molecule is CNC(C)C1CCN(c2nccc(Nc3cc(C4CC4)[nH]n3)n2)C1. The molecule has 2 aromatic heterocycles. The summed E-state index contributed by atoms with van der Waals surface area (Å²) in [4.78, 5) is 11.4. The molecule has 0 aromatic carbocycles.